The number of rotatable bonds is 4. The van der Waals surface area contributed by atoms with E-state index in [1.54, 1.807) is 0 Å². The van der Waals surface area contributed by atoms with E-state index in [-0.39, 0.29) is 6.42 Å². The lowest BCUT2D eigenvalue weighted by Crippen LogP contribution is -1.91. The third-order valence-electron chi connectivity index (χ3n) is 2.67. The van der Waals surface area contributed by atoms with Crippen molar-refractivity contribution in [1.29, 1.82) is 0 Å². The molecule has 1 aromatic heterocycles. The average molecular weight is 230 g/mol. The van der Waals surface area contributed by atoms with Crippen molar-refractivity contribution in [2.75, 3.05) is 0 Å². The Morgan fingerprint density at radius 2 is 2.18 bits per heavy atom. The number of fused-ring (bicyclic) bond motifs is 1. The van der Waals surface area contributed by atoms with Gasteiger partial charge in [-0.3, -0.25) is 4.79 Å². The molecule has 0 aliphatic carbocycles. The summed E-state index contributed by atoms with van der Waals surface area (Å²) in [4.78, 5) is 10.4. The van der Waals surface area contributed by atoms with Crippen LogP contribution in [0.1, 0.15) is 24.2 Å². The highest BCUT2D eigenvalue weighted by Crippen LogP contribution is 2.25. The molecule has 17 heavy (non-hydrogen) atoms. The minimum absolute atomic E-state index is 0.149. The third kappa shape index (κ3) is 2.56. The van der Waals surface area contributed by atoms with Crippen molar-refractivity contribution in [1.82, 2.24) is 0 Å². The molecule has 0 saturated carbocycles. The van der Waals surface area contributed by atoms with Crippen molar-refractivity contribution in [3.05, 3.63) is 41.7 Å². The number of furan rings is 1. The van der Waals surface area contributed by atoms with Crippen LogP contribution in [0, 0.1) is 6.92 Å². The Labute approximate surface area is 99.4 Å². The van der Waals surface area contributed by atoms with Crippen LogP contribution in [0.15, 0.2) is 34.8 Å². The summed E-state index contributed by atoms with van der Waals surface area (Å²) in [6.07, 6.45) is 4.35. The zero-order chi connectivity index (χ0) is 12.3. The lowest BCUT2D eigenvalue weighted by atomic mass is 10.1. The van der Waals surface area contributed by atoms with E-state index >= 15 is 0 Å². The molecule has 2 rings (SSSR count). The normalized spacial score (nSPS) is 11.4. The Balaban J connectivity index is 2.19. The zero-order valence-electron chi connectivity index (χ0n) is 9.64. The van der Waals surface area contributed by atoms with Crippen molar-refractivity contribution in [2.45, 2.75) is 19.8 Å². The summed E-state index contributed by atoms with van der Waals surface area (Å²) in [7, 11) is 0. The fraction of sp³-hybridized carbons (Fsp3) is 0.214. The molecule has 1 aromatic carbocycles. The SMILES string of the molecule is Cc1c(C=CCCC(=O)O)oc2ccccc12. The molecule has 0 fully saturated rings. The molecule has 1 heterocycles. The Hall–Kier alpha value is -2.03. The van der Waals surface area contributed by atoms with Crippen molar-refractivity contribution >= 4 is 23.0 Å². The summed E-state index contributed by atoms with van der Waals surface area (Å²) in [5.74, 6) is 0.0209. The molecule has 0 saturated heterocycles. The molecule has 0 spiro atoms. The van der Waals surface area contributed by atoms with Crippen LogP contribution in [-0.4, -0.2) is 11.1 Å². The van der Waals surface area contributed by atoms with Gasteiger partial charge in [-0.1, -0.05) is 24.3 Å². The number of aliphatic carboxylic acids is 1. The Bertz CT molecular complexity index is 564. The van der Waals surface area contributed by atoms with Crippen LogP contribution in [0.3, 0.4) is 0 Å². The lowest BCUT2D eigenvalue weighted by molar-refractivity contribution is -0.136. The van der Waals surface area contributed by atoms with Gasteiger partial charge in [-0.15, -0.1) is 0 Å². The first-order valence-electron chi connectivity index (χ1n) is 5.55. The molecule has 2 aromatic rings. The smallest absolute Gasteiger partial charge is 0.303 e. The maximum absolute atomic E-state index is 10.4. The van der Waals surface area contributed by atoms with Crippen molar-refractivity contribution in [3.8, 4) is 0 Å². The number of carbonyl (C=O) groups is 1. The van der Waals surface area contributed by atoms with E-state index in [9.17, 15) is 4.79 Å². The highest BCUT2D eigenvalue weighted by molar-refractivity contribution is 5.84. The minimum Gasteiger partial charge on any atom is -0.481 e. The van der Waals surface area contributed by atoms with Gasteiger partial charge in [0.1, 0.15) is 11.3 Å². The van der Waals surface area contributed by atoms with E-state index in [0.717, 1.165) is 22.3 Å². The molecule has 0 amide bonds. The number of benzene rings is 1. The maximum Gasteiger partial charge on any atom is 0.303 e. The van der Waals surface area contributed by atoms with Gasteiger partial charge in [-0.05, 0) is 25.5 Å². The first-order valence-corrected chi connectivity index (χ1v) is 5.55. The predicted molar refractivity (Wildman–Crippen MR) is 66.9 cm³/mol. The summed E-state index contributed by atoms with van der Waals surface area (Å²) in [6, 6.07) is 7.85. The summed E-state index contributed by atoms with van der Waals surface area (Å²) >= 11 is 0. The van der Waals surface area contributed by atoms with Crippen LogP contribution in [0.4, 0.5) is 0 Å². The number of hydrogen-bond acceptors (Lipinski definition) is 2. The fourth-order valence-corrected chi connectivity index (χ4v) is 1.75. The summed E-state index contributed by atoms with van der Waals surface area (Å²) in [6.45, 7) is 2.00. The highest BCUT2D eigenvalue weighted by atomic mass is 16.4. The van der Waals surface area contributed by atoms with Gasteiger partial charge < -0.3 is 9.52 Å². The number of hydrogen-bond donors (Lipinski definition) is 1. The van der Waals surface area contributed by atoms with E-state index < -0.39 is 5.97 Å². The Morgan fingerprint density at radius 1 is 1.41 bits per heavy atom. The summed E-state index contributed by atoms with van der Waals surface area (Å²) in [5.41, 5.74) is 1.95. The number of carboxylic acids is 1. The molecule has 1 N–H and O–H groups in total. The van der Waals surface area contributed by atoms with Crippen molar-refractivity contribution < 1.29 is 14.3 Å². The fourth-order valence-electron chi connectivity index (χ4n) is 1.75. The quantitative estimate of drug-likeness (QED) is 0.872. The second kappa shape index (κ2) is 4.87. The van der Waals surface area contributed by atoms with E-state index in [2.05, 4.69) is 0 Å². The van der Waals surface area contributed by atoms with Crippen LogP contribution < -0.4 is 0 Å². The molecule has 0 atom stereocenters. The predicted octanol–water partition coefficient (Wildman–Crippen LogP) is 3.62. The topological polar surface area (TPSA) is 50.4 Å². The number of aryl methyl sites for hydroxylation is 1. The minimum atomic E-state index is -0.782. The van der Waals surface area contributed by atoms with Gasteiger partial charge in [0.15, 0.2) is 0 Å². The highest BCUT2D eigenvalue weighted by Gasteiger charge is 2.06. The standard InChI is InChI=1S/C14H14O3/c1-10-11-6-2-3-8-13(11)17-12(10)7-4-5-9-14(15)16/h2-4,6-8H,5,9H2,1H3,(H,15,16). The Morgan fingerprint density at radius 3 is 2.88 bits per heavy atom. The average Bonchev–Trinajstić information content (AvgIpc) is 2.63. The number of allylic oxidation sites excluding steroid dienone is 1. The molecule has 3 heteroatoms. The van der Waals surface area contributed by atoms with Crippen molar-refractivity contribution in [3.63, 3.8) is 0 Å². The molecular weight excluding hydrogens is 216 g/mol. The molecule has 0 bridgehead atoms. The number of para-hydroxylation sites is 1. The van der Waals surface area contributed by atoms with Crippen molar-refractivity contribution in [2.24, 2.45) is 0 Å². The second-order valence-electron chi connectivity index (χ2n) is 3.92. The zero-order valence-corrected chi connectivity index (χ0v) is 9.64. The summed E-state index contributed by atoms with van der Waals surface area (Å²) in [5, 5.41) is 9.62. The van der Waals surface area contributed by atoms with Crippen LogP contribution in [0.2, 0.25) is 0 Å². The molecule has 0 aliphatic rings. The van der Waals surface area contributed by atoms with E-state index in [1.807, 2.05) is 43.3 Å². The Kier molecular flexibility index (Phi) is 3.28. The number of carboxylic acid groups (broad SMARTS) is 1. The van der Waals surface area contributed by atoms with Gasteiger partial charge in [0.25, 0.3) is 0 Å². The molecule has 88 valence electrons. The van der Waals surface area contributed by atoms with Gasteiger partial charge in [0.05, 0.1) is 0 Å². The molecule has 0 aliphatic heterocycles. The molecule has 0 unspecified atom stereocenters. The van der Waals surface area contributed by atoms with Crippen LogP contribution in [-0.2, 0) is 4.79 Å². The van der Waals surface area contributed by atoms with Crippen LogP contribution >= 0.6 is 0 Å². The monoisotopic (exact) mass is 230 g/mol. The van der Waals surface area contributed by atoms with Gasteiger partial charge >= 0.3 is 5.97 Å². The van der Waals surface area contributed by atoms with E-state index in [1.165, 1.54) is 0 Å². The third-order valence-corrected chi connectivity index (χ3v) is 2.67. The first kappa shape index (κ1) is 11.5. The first-order chi connectivity index (χ1) is 8.18. The largest absolute Gasteiger partial charge is 0.481 e. The molecule has 3 nitrogen and oxygen atoms in total. The molecular formula is C14H14O3. The second-order valence-corrected chi connectivity index (χ2v) is 3.92. The van der Waals surface area contributed by atoms with Gasteiger partial charge in [-0.2, -0.15) is 0 Å². The molecule has 0 radical (unpaired) electrons. The maximum atomic E-state index is 10.4. The van der Waals surface area contributed by atoms with E-state index in [4.69, 9.17) is 9.52 Å². The van der Waals surface area contributed by atoms with Crippen LogP contribution in [0.5, 0.6) is 0 Å². The van der Waals surface area contributed by atoms with E-state index in [0.29, 0.717) is 6.42 Å². The van der Waals surface area contributed by atoms with Crippen LogP contribution in [0.25, 0.3) is 17.0 Å². The van der Waals surface area contributed by atoms with Gasteiger partial charge in [0.2, 0.25) is 0 Å². The lowest BCUT2D eigenvalue weighted by Gasteiger charge is -1.89. The van der Waals surface area contributed by atoms with Gasteiger partial charge in [0, 0.05) is 17.4 Å². The van der Waals surface area contributed by atoms with Gasteiger partial charge in [-0.25, -0.2) is 0 Å². The summed E-state index contributed by atoms with van der Waals surface area (Å²) < 4.78 is 5.67.